The van der Waals surface area contributed by atoms with E-state index in [1.165, 1.54) is 0 Å². The van der Waals surface area contributed by atoms with Crippen molar-refractivity contribution in [3.8, 4) is 5.75 Å². The van der Waals surface area contributed by atoms with Gasteiger partial charge in [0.1, 0.15) is 5.75 Å². The molecule has 0 spiro atoms. The fourth-order valence-electron chi connectivity index (χ4n) is 5.33. The van der Waals surface area contributed by atoms with Gasteiger partial charge in [-0.05, 0) is 65.0 Å². The number of halogens is 1. The maximum atomic E-state index is 14.5. The minimum Gasteiger partial charge on any atom is -0.494 e. The van der Waals surface area contributed by atoms with Gasteiger partial charge in [0.15, 0.2) is 11.6 Å². The van der Waals surface area contributed by atoms with E-state index in [4.69, 9.17) is 31.2 Å². The van der Waals surface area contributed by atoms with Gasteiger partial charge in [-0.25, -0.2) is 4.99 Å². The van der Waals surface area contributed by atoms with Gasteiger partial charge in [-0.2, -0.15) is 0 Å². The number of aliphatic imine (C=N–C) groups is 1. The van der Waals surface area contributed by atoms with Gasteiger partial charge in [0.2, 0.25) is 5.90 Å². The Labute approximate surface area is 275 Å². The zero-order chi connectivity index (χ0) is 33.1. The highest BCUT2D eigenvalue weighted by atomic mass is 35.5. The van der Waals surface area contributed by atoms with Crippen LogP contribution in [-0.4, -0.2) is 42.2 Å². The van der Waals surface area contributed by atoms with Crippen molar-refractivity contribution in [1.29, 1.82) is 0 Å². The number of rotatable bonds is 14. The molecule has 1 amide bonds. The molecule has 47 heavy (non-hydrogen) atoms. The van der Waals surface area contributed by atoms with Gasteiger partial charge in [-0.1, -0.05) is 82.5 Å². The van der Waals surface area contributed by atoms with Crippen LogP contribution in [0.4, 0.5) is 11.4 Å². The lowest BCUT2D eigenvalue weighted by molar-refractivity contribution is -0.128. The molecule has 0 radical (unpaired) electrons. The normalized spacial score (nSPS) is 16.6. The van der Waals surface area contributed by atoms with Crippen LogP contribution in [-0.2, 0) is 22.4 Å². The first-order chi connectivity index (χ1) is 23.0. The zero-order valence-electron chi connectivity index (χ0n) is 25.2. The molecule has 2 atom stereocenters. The predicted molar refractivity (Wildman–Crippen MR) is 179 cm³/mol. The average Bonchev–Trinajstić information content (AvgIpc) is 3.47. The number of carbonyl (C=O) groups is 1. The second-order valence-electron chi connectivity index (χ2n) is 10.7. The number of hydrogen-bond acceptors (Lipinski definition) is 7. The van der Waals surface area contributed by atoms with Crippen molar-refractivity contribution in [1.82, 2.24) is 5.32 Å². The summed E-state index contributed by atoms with van der Waals surface area (Å²) in [6, 6.07) is 28.3. The number of ether oxygens (including phenoxy) is 2. The number of nitrogens with one attached hydrogen (secondary N) is 1. The van der Waals surface area contributed by atoms with Gasteiger partial charge >= 0.3 is 0 Å². The molecule has 1 aliphatic rings. The predicted octanol–water partition coefficient (Wildman–Crippen LogP) is 7.84. The summed E-state index contributed by atoms with van der Waals surface area (Å²) in [5.74, 6) is 0.365. The molecule has 0 bridgehead atoms. The number of aliphatic hydroxyl groups excluding tert-OH is 1. The molecule has 1 aliphatic heterocycles. The van der Waals surface area contributed by atoms with Crippen molar-refractivity contribution in [2.75, 3.05) is 19.8 Å². The number of hydrogen-bond donors (Lipinski definition) is 2. The van der Waals surface area contributed by atoms with Crippen LogP contribution in [0.15, 0.2) is 112 Å². The van der Waals surface area contributed by atoms with Crippen molar-refractivity contribution in [3.63, 3.8) is 0 Å². The Kier molecular flexibility index (Phi) is 11.0. The molecule has 13 heteroatoms. The zero-order valence-corrected chi connectivity index (χ0v) is 26.0. The van der Waals surface area contributed by atoms with Crippen molar-refractivity contribution >= 4 is 34.8 Å². The Bertz CT molecular complexity index is 1840. The molecule has 12 nitrogen and oxygen atoms in total. The van der Waals surface area contributed by atoms with Gasteiger partial charge in [-0.15, -0.1) is 0 Å². The molecule has 4 aromatic carbocycles. The van der Waals surface area contributed by atoms with E-state index < -0.39 is 17.6 Å². The van der Waals surface area contributed by atoms with E-state index in [-0.39, 0.29) is 31.2 Å². The quantitative estimate of drug-likeness (QED) is 0.0611. The van der Waals surface area contributed by atoms with E-state index in [2.05, 4.69) is 25.4 Å². The average molecular weight is 651 g/mol. The highest BCUT2D eigenvalue weighted by molar-refractivity contribution is 6.30. The van der Waals surface area contributed by atoms with Crippen molar-refractivity contribution in [2.24, 2.45) is 15.2 Å². The Morgan fingerprint density at radius 2 is 1.64 bits per heavy atom. The molecule has 5 rings (SSSR count). The molecule has 0 saturated carbocycles. The molecule has 0 aliphatic carbocycles. The summed E-state index contributed by atoms with van der Waals surface area (Å²) in [5.41, 5.74) is 20.3. The van der Waals surface area contributed by atoms with Crippen LogP contribution >= 0.6 is 11.6 Å². The standard InChI is InChI=1S/C34H31ClN8O4/c35-26-14-10-23(11-15-26)18-19-38-33(45)34(22-25-6-1-3-8-29(25)40-42-36)31(28-7-2-4-9-30(28)41-43-37)47-32(39-34)24-12-16-27(17-13-24)46-21-5-20-44/h1-4,6-17,31,44H,5,18-22H2,(H,38,45)/t31-,34-/m1/s1. The number of nitrogens with zero attached hydrogens (tertiary/aromatic N) is 7. The summed E-state index contributed by atoms with van der Waals surface area (Å²) < 4.78 is 12.2. The van der Waals surface area contributed by atoms with E-state index in [1.54, 1.807) is 84.9 Å². The lowest BCUT2D eigenvalue weighted by atomic mass is 9.81. The van der Waals surface area contributed by atoms with Gasteiger partial charge in [0.25, 0.3) is 5.91 Å². The Morgan fingerprint density at radius 3 is 2.36 bits per heavy atom. The van der Waals surface area contributed by atoms with Gasteiger partial charge in [0, 0.05) is 63.3 Å². The van der Waals surface area contributed by atoms with Crippen molar-refractivity contribution in [2.45, 2.75) is 30.9 Å². The summed E-state index contributed by atoms with van der Waals surface area (Å²) >= 11 is 6.05. The molecule has 0 unspecified atom stereocenters. The summed E-state index contributed by atoms with van der Waals surface area (Å²) in [6.07, 6.45) is -0.00886. The van der Waals surface area contributed by atoms with Crippen LogP contribution in [0.25, 0.3) is 20.9 Å². The van der Waals surface area contributed by atoms with Crippen molar-refractivity contribution < 1.29 is 19.4 Å². The SMILES string of the molecule is [N-]=[N+]=Nc1ccccc1C[C@@]1(C(=O)NCCc2ccc(Cl)cc2)N=C(c2ccc(OCCCO)cc2)O[C@@H]1c1ccccc1N=[N+]=[N-]. The number of benzene rings is 4. The first kappa shape index (κ1) is 32.9. The largest absolute Gasteiger partial charge is 0.494 e. The van der Waals surface area contributed by atoms with Gasteiger partial charge in [0.05, 0.1) is 6.61 Å². The fraction of sp³-hybridized carbons (Fsp3) is 0.235. The van der Waals surface area contributed by atoms with Gasteiger partial charge < -0.3 is 19.9 Å². The van der Waals surface area contributed by atoms with Crippen LogP contribution in [0.2, 0.25) is 5.02 Å². The van der Waals surface area contributed by atoms with Crippen LogP contribution in [0, 0.1) is 0 Å². The second kappa shape index (κ2) is 15.7. The molecule has 0 aromatic heterocycles. The lowest BCUT2D eigenvalue weighted by Gasteiger charge is -2.31. The number of amides is 1. The highest BCUT2D eigenvalue weighted by Gasteiger charge is 2.54. The van der Waals surface area contributed by atoms with E-state index in [1.807, 2.05) is 12.1 Å². The molecule has 4 aromatic rings. The Balaban J connectivity index is 1.60. The Hall–Kier alpha value is -5.51. The second-order valence-corrected chi connectivity index (χ2v) is 11.1. The third-order valence-electron chi connectivity index (χ3n) is 7.62. The summed E-state index contributed by atoms with van der Waals surface area (Å²) in [7, 11) is 0. The molecule has 0 saturated heterocycles. The third kappa shape index (κ3) is 7.84. The van der Waals surface area contributed by atoms with E-state index >= 15 is 0 Å². The van der Waals surface area contributed by atoms with Crippen molar-refractivity contribution in [3.05, 3.63) is 145 Å². The highest BCUT2D eigenvalue weighted by Crippen LogP contribution is 2.46. The molecular formula is C34H31ClN8O4. The van der Waals surface area contributed by atoms with Crippen LogP contribution in [0.3, 0.4) is 0 Å². The van der Waals surface area contributed by atoms with Crippen LogP contribution in [0.5, 0.6) is 5.75 Å². The van der Waals surface area contributed by atoms with Gasteiger partial charge in [-0.3, -0.25) is 4.79 Å². The van der Waals surface area contributed by atoms with Crippen LogP contribution < -0.4 is 10.1 Å². The minimum atomic E-state index is -1.62. The number of azide groups is 2. The smallest absolute Gasteiger partial charge is 0.252 e. The molecule has 1 heterocycles. The Morgan fingerprint density at radius 1 is 0.957 bits per heavy atom. The fourth-order valence-corrected chi connectivity index (χ4v) is 5.45. The maximum absolute atomic E-state index is 14.5. The first-order valence-electron chi connectivity index (χ1n) is 14.9. The monoisotopic (exact) mass is 650 g/mol. The number of aliphatic hydroxyl groups is 1. The molecule has 2 N–H and O–H groups in total. The first-order valence-corrected chi connectivity index (χ1v) is 15.3. The molecule has 0 fully saturated rings. The third-order valence-corrected chi connectivity index (χ3v) is 7.87. The molecular weight excluding hydrogens is 620 g/mol. The maximum Gasteiger partial charge on any atom is 0.252 e. The van der Waals surface area contributed by atoms with E-state index in [0.717, 1.165) is 5.56 Å². The lowest BCUT2D eigenvalue weighted by Crippen LogP contribution is -2.50. The molecule has 238 valence electrons. The topological polar surface area (TPSA) is 178 Å². The summed E-state index contributed by atoms with van der Waals surface area (Å²) in [6.45, 7) is 0.666. The van der Waals surface area contributed by atoms with E-state index in [0.29, 0.717) is 52.6 Å². The summed E-state index contributed by atoms with van der Waals surface area (Å²) in [4.78, 5) is 25.5. The number of carbonyl (C=O) groups excluding carboxylic acids is 1. The van der Waals surface area contributed by atoms with E-state index in [9.17, 15) is 15.9 Å². The minimum absolute atomic E-state index is 0.00387. The van der Waals surface area contributed by atoms with Crippen LogP contribution in [0.1, 0.15) is 34.8 Å². The summed E-state index contributed by atoms with van der Waals surface area (Å²) in [5, 5.41) is 20.5.